The van der Waals surface area contributed by atoms with E-state index in [-0.39, 0.29) is 5.91 Å². The first-order valence-electron chi connectivity index (χ1n) is 7.17. The second kappa shape index (κ2) is 8.38. The van der Waals surface area contributed by atoms with Crippen LogP contribution in [0.3, 0.4) is 0 Å². The van der Waals surface area contributed by atoms with Crippen molar-refractivity contribution in [2.24, 2.45) is 5.41 Å². The standard InChI is InChI=1S/C16H24N2O5/c1-16(2,14(19)17-8-9-21-3)15(20)18-12-7-6-11(22-4)10-13(12)23-5/h6-7,10H,8-9H2,1-5H3,(H,17,19)(H,18,20). The monoisotopic (exact) mass is 324 g/mol. The molecule has 0 fully saturated rings. The van der Waals surface area contributed by atoms with Crippen LogP contribution in [0.25, 0.3) is 0 Å². The molecule has 2 N–H and O–H groups in total. The van der Waals surface area contributed by atoms with Crippen LogP contribution in [0.1, 0.15) is 13.8 Å². The average Bonchev–Trinajstić information content (AvgIpc) is 2.55. The van der Waals surface area contributed by atoms with Crippen LogP contribution < -0.4 is 20.1 Å². The zero-order valence-corrected chi connectivity index (χ0v) is 14.2. The van der Waals surface area contributed by atoms with Gasteiger partial charge in [0.1, 0.15) is 16.9 Å². The summed E-state index contributed by atoms with van der Waals surface area (Å²) in [7, 11) is 4.58. The van der Waals surface area contributed by atoms with Gasteiger partial charge < -0.3 is 24.8 Å². The number of anilines is 1. The lowest BCUT2D eigenvalue weighted by Gasteiger charge is -2.23. The van der Waals surface area contributed by atoms with E-state index < -0.39 is 11.3 Å². The van der Waals surface area contributed by atoms with Crippen molar-refractivity contribution in [3.63, 3.8) is 0 Å². The van der Waals surface area contributed by atoms with Crippen LogP contribution in [-0.2, 0) is 14.3 Å². The predicted octanol–water partition coefficient (Wildman–Crippen LogP) is 1.43. The van der Waals surface area contributed by atoms with E-state index in [4.69, 9.17) is 14.2 Å². The van der Waals surface area contributed by atoms with Crippen LogP contribution in [0.15, 0.2) is 18.2 Å². The van der Waals surface area contributed by atoms with Gasteiger partial charge >= 0.3 is 0 Å². The molecule has 0 saturated carbocycles. The summed E-state index contributed by atoms with van der Waals surface area (Å²) >= 11 is 0. The summed E-state index contributed by atoms with van der Waals surface area (Å²) in [5.41, 5.74) is -0.769. The lowest BCUT2D eigenvalue weighted by molar-refractivity contribution is -0.138. The Bertz CT molecular complexity index is 557. The molecule has 0 radical (unpaired) electrons. The minimum absolute atomic E-state index is 0.345. The van der Waals surface area contributed by atoms with Crippen molar-refractivity contribution < 1.29 is 23.8 Å². The van der Waals surface area contributed by atoms with Crippen LogP contribution in [-0.4, -0.2) is 46.3 Å². The molecule has 0 unspecified atom stereocenters. The quantitative estimate of drug-likeness (QED) is 0.558. The Balaban J connectivity index is 2.83. The predicted molar refractivity (Wildman–Crippen MR) is 86.8 cm³/mol. The third-order valence-electron chi connectivity index (χ3n) is 3.38. The number of methoxy groups -OCH3 is 3. The Kier molecular flexibility index (Phi) is 6.84. The summed E-state index contributed by atoms with van der Waals surface area (Å²) in [5.74, 6) is 0.250. The Hall–Kier alpha value is -2.28. The Morgan fingerprint density at radius 1 is 1.09 bits per heavy atom. The van der Waals surface area contributed by atoms with Gasteiger partial charge in [0.15, 0.2) is 0 Å². The van der Waals surface area contributed by atoms with Crippen LogP contribution in [0.2, 0.25) is 0 Å². The molecule has 7 nitrogen and oxygen atoms in total. The topological polar surface area (TPSA) is 85.9 Å². The fourth-order valence-corrected chi connectivity index (χ4v) is 1.77. The smallest absolute Gasteiger partial charge is 0.239 e. The SMILES string of the molecule is COCCNC(=O)C(C)(C)C(=O)Nc1ccc(OC)cc1OC. The summed E-state index contributed by atoms with van der Waals surface area (Å²) in [5, 5.41) is 5.37. The fourth-order valence-electron chi connectivity index (χ4n) is 1.77. The van der Waals surface area contributed by atoms with Crippen molar-refractivity contribution in [3.8, 4) is 11.5 Å². The van der Waals surface area contributed by atoms with E-state index in [1.165, 1.54) is 7.11 Å². The molecular formula is C16H24N2O5. The van der Waals surface area contributed by atoms with Crippen molar-refractivity contribution in [3.05, 3.63) is 18.2 Å². The molecule has 0 aliphatic carbocycles. The van der Waals surface area contributed by atoms with Gasteiger partial charge in [-0.25, -0.2) is 0 Å². The molecule has 0 spiro atoms. The molecular weight excluding hydrogens is 300 g/mol. The molecule has 1 aromatic rings. The molecule has 1 rings (SSSR count). The Morgan fingerprint density at radius 3 is 2.35 bits per heavy atom. The van der Waals surface area contributed by atoms with Gasteiger partial charge in [-0.3, -0.25) is 9.59 Å². The second-order valence-electron chi connectivity index (χ2n) is 5.39. The van der Waals surface area contributed by atoms with Crippen molar-refractivity contribution in [2.75, 3.05) is 39.8 Å². The number of amides is 2. The normalized spacial score (nSPS) is 10.8. The zero-order valence-electron chi connectivity index (χ0n) is 14.2. The van der Waals surface area contributed by atoms with Gasteiger partial charge in [0.2, 0.25) is 11.8 Å². The average molecular weight is 324 g/mol. The van der Waals surface area contributed by atoms with Crippen molar-refractivity contribution in [1.82, 2.24) is 5.32 Å². The molecule has 1 aromatic carbocycles. The first-order chi connectivity index (χ1) is 10.9. The molecule has 128 valence electrons. The van der Waals surface area contributed by atoms with E-state index in [1.807, 2.05) is 0 Å². The lowest BCUT2D eigenvalue weighted by Crippen LogP contribution is -2.46. The molecule has 0 bridgehead atoms. The third kappa shape index (κ3) is 4.85. The van der Waals surface area contributed by atoms with E-state index in [0.29, 0.717) is 30.3 Å². The fraction of sp³-hybridized carbons (Fsp3) is 0.500. The van der Waals surface area contributed by atoms with E-state index in [1.54, 1.807) is 46.3 Å². The van der Waals surface area contributed by atoms with Crippen molar-refractivity contribution >= 4 is 17.5 Å². The molecule has 0 atom stereocenters. The Morgan fingerprint density at radius 2 is 1.78 bits per heavy atom. The Labute approximate surface area is 136 Å². The van der Waals surface area contributed by atoms with E-state index in [9.17, 15) is 9.59 Å². The highest BCUT2D eigenvalue weighted by molar-refractivity contribution is 6.10. The summed E-state index contributed by atoms with van der Waals surface area (Å²) in [6.45, 7) is 3.84. The molecule has 7 heteroatoms. The number of hydrogen-bond acceptors (Lipinski definition) is 5. The zero-order chi connectivity index (χ0) is 17.5. The molecule has 2 amide bonds. The maximum Gasteiger partial charge on any atom is 0.239 e. The van der Waals surface area contributed by atoms with Gasteiger partial charge in [-0.2, -0.15) is 0 Å². The van der Waals surface area contributed by atoms with Crippen LogP contribution in [0, 0.1) is 5.41 Å². The summed E-state index contributed by atoms with van der Waals surface area (Å²) in [4.78, 5) is 24.6. The first kappa shape index (κ1) is 18.8. The number of benzene rings is 1. The molecule has 0 saturated heterocycles. The van der Waals surface area contributed by atoms with Gasteiger partial charge in [0.25, 0.3) is 0 Å². The molecule has 0 aromatic heterocycles. The molecule has 0 aliphatic rings. The summed E-state index contributed by atoms with van der Waals surface area (Å²) in [6.07, 6.45) is 0. The highest BCUT2D eigenvalue weighted by Crippen LogP contribution is 2.30. The number of rotatable bonds is 8. The van der Waals surface area contributed by atoms with Crippen molar-refractivity contribution in [2.45, 2.75) is 13.8 Å². The van der Waals surface area contributed by atoms with Gasteiger partial charge in [-0.1, -0.05) is 0 Å². The van der Waals surface area contributed by atoms with Gasteiger partial charge in [-0.05, 0) is 26.0 Å². The number of carbonyl (C=O) groups is 2. The minimum Gasteiger partial charge on any atom is -0.497 e. The number of nitrogens with one attached hydrogen (secondary N) is 2. The number of hydrogen-bond donors (Lipinski definition) is 2. The van der Waals surface area contributed by atoms with Gasteiger partial charge in [0.05, 0.1) is 26.5 Å². The van der Waals surface area contributed by atoms with Gasteiger partial charge in [0, 0.05) is 19.7 Å². The van der Waals surface area contributed by atoms with E-state index in [2.05, 4.69) is 10.6 Å². The summed E-state index contributed by atoms with van der Waals surface area (Å²) < 4.78 is 15.2. The van der Waals surface area contributed by atoms with Gasteiger partial charge in [-0.15, -0.1) is 0 Å². The molecule has 0 aliphatic heterocycles. The lowest BCUT2D eigenvalue weighted by atomic mass is 9.91. The third-order valence-corrected chi connectivity index (χ3v) is 3.38. The second-order valence-corrected chi connectivity index (χ2v) is 5.39. The van der Waals surface area contributed by atoms with Crippen LogP contribution in [0.5, 0.6) is 11.5 Å². The largest absolute Gasteiger partial charge is 0.497 e. The molecule has 23 heavy (non-hydrogen) atoms. The summed E-state index contributed by atoms with van der Waals surface area (Å²) in [6, 6.07) is 5.01. The first-order valence-corrected chi connectivity index (χ1v) is 7.17. The number of ether oxygens (including phenoxy) is 3. The maximum atomic E-state index is 12.4. The number of carbonyl (C=O) groups excluding carboxylic acids is 2. The highest BCUT2D eigenvalue weighted by atomic mass is 16.5. The van der Waals surface area contributed by atoms with Crippen molar-refractivity contribution in [1.29, 1.82) is 0 Å². The molecule has 0 heterocycles. The maximum absolute atomic E-state index is 12.4. The van der Waals surface area contributed by atoms with E-state index >= 15 is 0 Å². The van der Waals surface area contributed by atoms with Crippen LogP contribution >= 0.6 is 0 Å². The van der Waals surface area contributed by atoms with E-state index in [0.717, 1.165) is 0 Å². The minimum atomic E-state index is -1.24. The van der Waals surface area contributed by atoms with Crippen LogP contribution in [0.4, 0.5) is 5.69 Å². The highest BCUT2D eigenvalue weighted by Gasteiger charge is 2.36.